The van der Waals surface area contributed by atoms with E-state index in [2.05, 4.69) is 27.4 Å². The van der Waals surface area contributed by atoms with Crippen LogP contribution in [-0.2, 0) is 13.0 Å². The van der Waals surface area contributed by atoms with E-state index in [1.54, 1.807) is 6.20 Å². The van der Waals surface area contributed by atoms with Crippen LogP contribution in [0.15, 0.2) is 29.2 Å². The van der Waals surface area contributed by atoms with E-state index in [1.807, 2.05) is 34.7 Å². The highest BCUT2D eigenvalue weighted by Gasteiger charge is 2.26. The average Bonchev–Trinajstić information content (AvgIpc) is 3.06. The summed E-state index contributed by atoms with van der Waals surface area (Å²) >= 11 is 12.2. The zero-order valence-corrected chi connectivity index (χ0v) is 16.4. The smallest absolute Gasteiger partial charge is 0.285 e. The lowest BCUT2D eigenvalue weighted by molar-refractivity contribution is 0.515. The van der Waals surface area contributed by atoms with Gasteiger partial charge in [0, 0.05) is 18.0 Å². The molecule has 0 amide bonds. The number of aromatic nitrogens is 5. The predicted molar refractivity (Wildman–Crippen MR) is 105 cm³/mol. The van der Waals surface area contributed by atoms with E-state index < -0.39 is 5.56 Å². The van der Waals surface area contributed by atoms with Crippen molar-refractivity contribution in [2.75, 3.05) is 11.4 Å². The molecule has 0 fully saturated rings. The van der Waals surface area contributed by atoms with E-state index in [0.29, 0.717) is 18.8 Å². The van der Waals surface area contributed by atoms with Crippen molar-refractivity contribution in [3.05, 3.63) is 67.3 Å². The number of anilines is 1. The number of nitrogens with zero attached hydrogens (tertiary/aromatic N) is 5. The Bertz CT molecular complexity index is 1060. The van der Waals surface area contributed by atoms with Gasteiger partial charge in [-0.15, -0.1) is 5.10 Å². The van der Waals surface area contributed by atoms with Gasteiger partial charge in [-0.1, -0.05) is 34.5 Å². The first-order valence-corrected chi connectivity index (χ1v) is 9.38. The highest BCUT2D eigenvalue weighted by atomic mass is 35.5. The molecule has 0 saturated heterocycles. The summed E-state index contributed by atoms with van der Waals surface area (Å²) in [6.45, 7) is 5.39. The van der Waals surface area contributed by atoms with Crippen LogP contribution in [0.5, 0.6) is 0 Å². The molecule has 7 nitrogen and oxygen atoms in total. The molecule has 0 unspecified atom stereocenters. The van der Waals surface area contributed by atoms with Gasteiger partial charge >= 0.3 is 0 Å². The fraction of sp³-hybridized carbons (Fsp3) is 0.333. The highest BCUT2D eigenvalue weighted by Crippen LogP contribution is 2.30. The number of hydrogen-bond acceptors (Lipinski definition) is 5. The number of hydrogen-bond donors (Lipinski definition) is 1. The Hall–Kier alpha value is -2.38. The van der Waals surface area contributed by atoms with Gasteiger partial charge in [0.25, 0.3) is 5.56 Å². The minimum absolute atomic E-state index is 0.0508. The molecule has 1 aliphatic rings. The summed E-state index contributed by atoms with van der Waals surface area (Å²) in [7, 11) is 0. The number of rotatable bonds is 3. The normalized spacial score (nSPS) is 14.9. The number of fused-ring (bicyclic) bond motifs is 1. The summed E-state index contributed by atoms with van der Waals surface area (Å²) in [5, 5.41) is 15.8. The molecular weight excluding hydrogens is 387 g/mol. The molecule has 4 rings (SSSR count). The summed E-state index contributed by atoms with van der Waals surface area (Å²) in [5.74, 6) is 0. The zero-order valence-electron chi connectivity index (χ0n) is 14.9. The Balaban J connectivity index is 1.64. The number of halogens is 2. The fourth-order valence-corrected chi connectivity index (χ4v) is 4.02. The Morgan fingerprint density at radius 2 is 2.11 bits per heavy atom. The second-order valence-corrected chi connectivity index (χ2v) is 7.49. The van der Waals surface area contributed by atoms with Crippen LogP contribution in [0.4, 0.5) is 5.69 Å². The van der Waals surface area contributed by atoms with Crippen LogP contribution in [0.2, 0.25) is 10.0 Å². The van der Waals surface area contributed by atoms with Gasteiger partial charge in [0.1, 0.15) is 10.7 Å². The third-order valence-electron chi connectivity index (χ3n) is 5.00. The Labute approximate surface area is 165 Å². The summed E-state index contributed by atoms with van der Waals surface area (Å²) in [6, 6.07) is 5.94. The van der Waals surface area contributed by atoms with Crippen molar-refractivity contribution < 1.29 is 0 Å². The predicted octanol–water partition coefficient (Wildman–Crippen LogP) is 3.15. The molecule has 140 valence electrons. The molecule has 1 N–H and O–H groups in total. The van der Waals surface area contributed by atoms with Crippen molar-refractivity contribution in [2.24, 2.45) is 0 Å². The highest BCUT2D eigenvalue weighted by molar-refractivity contribution is 6.33. The topological polar surface area (TPSA) is 79.7 Å². The third kappa shape index (κ3) is 3.21. The van der Waals surface area contributed by atoms with Crippen LogP contribution in [0.25, 0.3) is 0 Å². The maximum atomic E-state index is 11.7. The number of aromatic amines is 1. The molecule has 0 spiro atoms. The van der Waals surface area contributed by atoms with Gasteiger partial charge in [-0.05, 0) is 37.1 Å². The Morgan fingerprint density at radius 1 is 1.30 bits per heavy atom. The number of aryl methyl sites for hydroxylation is 1. The van der Waals surface area contributed by atoms with Gasteiger partial charge in [0.15, 0.2) is 0 Å². The molecule has 1 aromatic carbocycles. The lowest BCUT2D eigenvalue weighted by Crippen LogP contribution is -2.33. The molecule has 0 aliphatic carbocycles. The lowest BCUT2D eigenvalue weighted by Gasteiger charge is -2.29. The first kappa shape index (κ1) is 18.0. The number of H-pyrrole nitrogens is 1. The summed E-state index contributed by atoms with van der Waals surface area (Å²) in [4.78, 5) is 13.7. The van der Waals surface area contributed by atoms with Crippen molar-refractivity contribution >= 4 is 28.9 Å². The maximum absolute atomic E-state index is 11.7. The Morgan fingerprint density at radius 3 is 2.89 bits per heavy atom. The lowest BCUT2D eigenvalue weighted by atomic mass is 10.0. The molecule has 3 heterocycles. The molecule has 0 saturated carbocycles. The van der Waals surface area contributed by atoms with E-state index in [1.165, 1.54) is 0 Å². The van der Waals surface area contributed by atoms with E-state index in [0.717, 1.165) is 34.0 Å². The molecule has 9 heteroatoms. The van der Waals surface area contributed by atoms with E-state index >= 15 is 0 Å². The maximum Gasteiger partial charge on any atom is 0.285 e. The third-order valence-corrected chi connectivity index (χ3v) is 5.60. The average molecular weight is 405 g/mol. The van der Waals surface area contributed by atoms with Crippen LogP contribution in [0, 0.1) is 6.92 Å². The van der Waals surface area contributed by atoms with Gasteiger partial charge < -0.3 is 4.90 Å². The summed E-state index contributed by atoms with van der Waals surface area (Å²) in [6.07, 6.45) is 2.32. The van der Waals surface area contributed by atoms with Gasteiger partial charge in [-0.2, -0.15) is 5.10 Å². The molecule has 3 aromatic rings. The van der Waals surface area contributed by atoms with Crippen LogP contribution >= 0.6 is 23.2 Å². The van der Waals surface area contributed by atoms with Crippen molar-refractivity contribution in [1.29, 1.82) is 0 Å². The largest absolute Gasteiger partial charge is 0.362 e. The first-order chi connectivity index (χ1) is 13.0. The number of benzene rings is 1. The van der Waals surface area contributed by atoms with E-state index in [9.17, 15) is 4.79 Å². The van der Waals surface area contributed by atoms with Crippen LogP contribution in [0.3, 0.4) is 0 Å². The minimum Gasteiger partial charge on any atom is -0.362 e. The van der Waals surface area contributed by atoms with Crippen LogP contribution in [0.1, 0.15) is 35.5 Å². The van der Waals surface area contributed by atoms with Crippen molar-refractivity contribution in [3.63, 3.8) is 0 Å². The number of nitrogens with one attached hydrogen (secondary N) is 1. The summed E-state index contributed by atoms with van der Waals surface area (Å²) in [5.41, 5.74) is 4.49. The van der Waals surface area contributed by atoms with Crippen LogP contribution < -0.4 is 10.5 Å². The molecule has 1 atom stereocenters. The standard InChI is InChI=1S/C18H18Cl2N6O/c1-10-7-12(19)3-4-13(10)11(2)26-15-5-6-25(9-14(15)22-24-26)16-8-21-23-18(27)17(16)20/h3-4,7-8,11H,5-6,9H2,1-2H3,(H,23,27)/t11-/m1/s1. The molecule has 0 bridgehead atoms. The van der Waals surface area contributed by atoms with Crippen molar-refractivity contribution in [1.82, 2.24) is 25.2 Å². The SMILES string of the molecule is Cc1cc(Cl)ccc1[C@@H](C)n1nnc2c1CCN(c1cn[nH]c(=O)c1Cl)C2. The van der Waals surface area contributed by atoms with Crippen molar-refractivity contribution in [2.45, 2.75) is 32.9 Å². The Kier molecular flexibility index (Phi) is 4.65. The second-order valence-electron chi connectivity index (χ2n) is 6.67. The molecular formula is C18H18Cl2N6O. The molecule has 1 aliphatic heterocycles. The van der Waals surface area contributed by atoms with Gasteiger partial charge in [0.2, 0.25) is 0 Å². The quantitative estimate of drug-likeness (QED) is 0.724. The van der Waals surface area contributed by atoms with Gasteiger partial charge in [-0.25, -0.2) is 9.78 Å². The van der Waals surface area contributed by atoms with E-state index in [-0.39, 0.29) is 11.1 Å². The molecule has 27 heavy (non-hydrogen) atoms. The molecule has 0 radical (unpaired) electrons. The monoisotopic (exact) mass is 404 g/mol. The van der Waals surface area contributed by atoms with Gasteiger partial charge in [-0.3, -0.25) is 4.79 Å². The van der Waals surface area contributed by atoms with E-state index in [4.69, 9.17) is 23.2 Å². The van der Waals surface area contributed by atoms with Crippen LogP contribution in [-0.4, -0.2) is 31.7 Å². The fourth-order valence-electron chi connectivity index (χ4n) is 3.58. The first-order valence-electron chi connectivity index (χ1n) is 8.63. The van der Waals surface area contributed by atoms with Crippen molar-refractivity contribution in [3.8, 4) is 0 Å². The summed E-state index contributed by atoms with van der Waals surface area (Å²) < 4.78 is 1.97. The second kappa shape index (κ2) is 6.98. The zero-order chi connectivity index (χ0) is 19.1. The molecule has 2 aromatic heterocycles. The minimum atomic E-state index is -0.393. The van der Waals surface area contributed by atoms with Gasteiger partial charge in [0.05, 0.1) is 30.2 Å².